The second-order valence-electron chi connectivity index (χ2n) is 4.46. The third-order valence-corrected chi connectivity index (χ3v) is 3.28. The van der Waals surface area contributed by atoms with Gasteiger partial charge in [-0.05, 0) is 48.5 Å². The molecule has 112 valence electrons. The lowest BCUT2D eigenvalue weighted by molar-refractivity contribution is 0.475. The van der Waals surface area contributed by atoms with E-state index in [1.54, 1.807) is 24.3 Å². The number of hydrogen-bond acceptors (Lipinski definition) is 3. The van der Waals surface area contributed by atoms with Gasteiger partial charge >= 0.3 is 0 Å². The van der Waals surface area contributed by atoms with Gasteiger partial charge < -0.3 is 9.84 Å². The Morgan fingerprint density at radius 1 is 0.591 bits per heavy atom. The molecule has 0 atom stereocenters. The molecule has 0 radical (unpaired) electrons. The Morgan fingerprint density at radius 3 is 1.55 bits per heavy atom. The molecule has 0 fully saturated rings. The molecular formula is C18H17O2S2+. The van der Waals surface area contributed by atoms with Gasteiger partial charge in [-0.1, -0.05) is 18.2 Å². The first-order valence-electron chi connectivity index (χ1n) is 6.66. The molecule has 3 aromatic carbocycles. The minimum Gasteiger partial charge on any atom is -0.593 e. The molecular weight excluding hydrogens is 312 g/mol. The fourth-order valence-corrected chi connectivity index (χ4v) is 1.90. The van der Waals surface area contributed by atoms with Gasteiger partial charge in [0.05, 0.1) is 0 Å². The highest BCUT2D eigenvalue weighted by Gasteiger charge is 1.94. The summed E-state index contributed by atoms with van der Waals surface area (Å²) in [6, 6.07) is 24.3. The smallest absolute Gasteiger partial charge is 0.253 e. The third-order valence-electron chi connectivity index (χ3n) is 2.68. The number of benzene rings is 3. The summed E-state index contributed by atoms with van der Waals surface area (Å²) in [5.41, 5.74) is 0. The van der Waals surface area contributed by atoms with Crippen LogP contribution in [0.3, 0.4) is 0 Å². The molecule has 0 spiro atoms. The number of rotatable bonds is 2. The third kappa shape index (κ3) is 5.76. The van der Waals surface area contributed by atoms with E-state index < -0.39 is 0 Å². The van der Waals surface area contributed by atoms with Crippen LogP contribution in [-0.2, 0) is 0 Å². The summed E-state index contributed by atoms with van der Waals surface area (Å²) >= 11 is 8.25. The van der Waals surface area contributed by atoms with E-state index in [-0.39, 0.29) is 0 Å². The predicted octanol–water partition coefficient (Wildman–Crippen LogP) is 5.18. The highest BCUT2D eigenvalue weighted by atomic mass is 32.1. The van der Waals surface area contributed by atoms with Crippen molar-refractivity contribution in [2.24, 2.45) is 0 Å². The maximum absolute atomic E-state index is 7.06. The van der Waals surface area contributed by atoms with Crippen LogP contribution >= 0.6 is 25.3 Å². The normalized spacial score (nSPS) is 9.55. The first kappa shape index (κ1) is 16.3. The maximum atomic E-state index is 7.06. The minimum absolute atomic E-state index is 0.530. The van der Waals surface area contributed by atoms with E-state index in [2.05, 4.69) is 25.3 Å². The predicted molar refractivity (Wildman–Crippen MR) is 97.0 cm³/mol. The summed E-state index contributed by atoms with van der Waals surface area (Å²) in [5.74, 6) is 2.20. The summed E-state index contributed by atoms with van der Waals surface area (Å²) in [7, 11) is 0. The van der Waals surface area contributed by atoms with E-state index in [4.69, 9.17) is 9.84 Å². The highest BCUT2D eigenvalue weighted by molar-refractivity contribution is 7.80. The van der Waals surface area contributed by atoms with Gasteiger partial charge in [0.15, 0.2) is 0 Å². The van der Waals surface area contributed by atoms with Gasteiger partial charge in [0.25, 0.3) is 5.75 Å². The van der Waals surface area contributed by atoms with Crippen LogP contribution in [-0.4, -0.2) is 5.11 Å². The van der Waals surface area contributed by atoms with Crippen molar-refractivity contribution < 1.29 is 9.84 Å². The molecule has 0 aliphatic heterocycles. The standard InChI is InChI=1S/C12H10OS.C6H6OS/c14-12-8-6-11(7-9-12)13-10-4-2-1-3-5-10;7-5-1-3-6(8)4-2-5/h1-9,14H;1-4,7-8H/p+1. The number of hydrogen-bond donors (Lipinski definition) is 2. The van der Waals surface area contributed by atoms with E-state index >= 15 is 0 Å². The zero-order chi connectivity index (χ0) is 15.8. The maximum Gasteiger partial charge on any atom is 0.253 e. The first-order chi connectivity index (χ1) is 10.6. The molecule has 0 aliphatic carbocycles. The molecule has 0 heterocycles. The minimum atomic E-state index is 0.530. The van der Waals surface area contributed by atoms with E-state index in [1.165, 1.54) is 0 Å². The summed E-state index contributed by atoms with van der Waals surface area (Å²) in [4.78, 5) is 1.84. The molecule has 0 bridgehead atoms. The fourth-order valence-electron chi connectivity index (χ4n) is 1.60. The SMILES string of the molecule is Sc1ccc(Oc2ccccc2)cc1.[OH2+]c1ccc(S)cc1. The average molecular weight is 329 g/mol. The molecule has 0 aromatic heterocycles. The van der Waals surface area contributed by atoms with E-state index in [9.17, 15) is 0 Å². The molecule has 0 saturated heterocycles. The molecule has 0 saturated carbocycles. The number of thiol groups is 2. The molecule has 0 amide bonds. The molecule has 3 rings (SSSR count). The van der Waals surface area contributed by atoms with Gasteiger partial charge in [-0.15, -0.1) is 25.3 Å². The molecule has 0 unspecified atom stereocenters. The average Bonchev–Trinajstić information content (AvgIpc) is 2.54. The summed E-state index contributed by atoms with van der Waals surface area (Å²) in [6.07, 6.45) is 0. The molecule has 4 heteroatoms. The van der Waals surface area contributed by atoms with Gasteiger partial charge in [-0.2, -0.15) is 0 Å². The lowest BCUT2D eigenvalue weighted by atomic mass is 10.3. The Morgan fingerprint density at radius 2 is 1.05 bits per heavy atom. The molecule has 3 aromatic rings. The van der Waals surface area contributed by atoms with Crippen LogP contribution in [0.15, 0.2) is 88.7 Å². The summed E-state index contributed by atoms with van der Waals surface area (Å²) < 4.78 is 5.60. The van der Waals surface area contributed by atoms with Crippen LogP contribution in [0, 0.1) is 0 Å². The zero-order valence-electron chi connectivity index (χ0n) is 11.8. The van der Waals surface area contributed by atoms with Crippen molar-refractivity contribution in [3.8, 4) is 17.2 Å². The Labute approximate surface area is 141 Å². The Balaban J connectivity index is 0.000000188. The summed E-state index contributed by atoms with van der Waals surface area (Å²) in [6.45, 7) is 0. The van der Waals surface area contributed by atoms with Crippen molar-refractivity contribution in [1.29, 1.82) is 0 Å². The Bertz CT molecular complexity index is 660. The second kappa shape index (κ2) is 8.41. The monoisotopic (exact) mass is 329 g/mol. The van der Waals surface area contributed by atoms with Gasteiger partial charge in [-0.25, -0.2) is 0 Å². The van der Waals surface area contributed by atoms with Crippen molar-refractivity contribution in [3.05, 3.63) is 78.9 Å². The van der Waals surface area contributed by atoms with Crippen LogP contribution in [0.25, 0.3) is 0 Å². The van der Waals surface area contributed by atoms with Crippen molar-refractivity contribution >= 4 is 25.3 Å². The Kier molecular flexibility index (Phi) is 6.25. The van der Waals surface area contributed by atoms with Gasteiger partial charge in [0.2, 0.25) is 0 Å². The van der Waals surface area contributed by atoms with Gasteiger partial charge in [-0.3, -0.25) is 0 Å². The molecule has 2 N–H and O–H groups in total. The quantitative estimate of drug-likeness (QED) is 0.493. The van der Waals surface area contributed by atoms with Crippen molar-refractivity contribution in [1.82, 2.24) is 0 Å². The molecule has 0 aliphatic rings. The number of para-hydroxylation sites is 1. The topological polar surface area (TPSA) is 32.1 Å². The zero-order valence-corrected chi connectivity index (χ0v) is 13.6. The second-order valence-corrected chi connectivity index (χ2v) is 5.49. The van der Waals surface area contributed by atoms with Crippen molar-refractivity contribution in [2.75, 3.05) is 0 Å². The fraction of sp³-hybridized carbons (Fsp3) is 0. The lowest BCUT2D eigenvalue weighted by Crippen LogP contribution is -1.82. The molecule has 22 heavy (non-hydrogen) atoms. The highest BCUT2D eigenvalue weighted by Crippen LogP contribution is 2.21. The lowest BCUT2D eigenvalue weighted by Gasteiger charge is -2.04. The van der Waals surface area contributed by atoms with Crippen LogP contribution in [0.1, 0.15) is 0 Å². The number of ether oxygens (including phenoxy) is 1. The molecule has 2 nitrogen and oxygen atoms in total. The first-order valence-corrected chi connectivity index (χ1v) is 7.55. The van der Waals surface area contributed by atoms with Gasteiger partial charge in [0.1, 0.15) is 11.5 Å². The Hall–Kier alpha value is -2.04. The van der Waals surface area contributed by atoms with Crippen LogP contribution in [0.4, 0.5) is 0 Å². The van der Waals surface area contributed by atoms with Crippen LogP contribution < -0.4 is 4.74 Å². The van der Waals surface area contributed by atoms with Crippen molar-refractivity contribution in [2.45, 2.75) is 9.79 Å². The van der Waals surface area contributed by atoms with Crippen LogP contribution in [0.5, 0.6) is 17.2 Å². The van der Waals surface area contributed by atoms with Crippen LogP contribution in [0.2, 0.25) is 0 Å². The van der Waals surface area contributed by atoms with Crippen molar-refractivity contribution in [3.63, 3.8) is 0 Å². The van der Waals surface area contributed by atoms with E-state index in [0.717, 1.165) is 21.3 Å². The van der Waals surface area contributed by atoms with Gasteiger partial charge in [0, 0.05) is 21.9 Å². The largest absolute Gasteiger partial charge is 0.593 e. The summed E-state index contributed by atoms with van der Waals surface area (Å²) in [5, 5.41) is 7.06. The van der Waals surface area contributed by atoms with E-state index in [0.29, 0.717) is 5.75 Å². The van der Waals surface area contributed by atoms with E-state index in [1.807, 2.05) is 54.6 Å².